The van der Waals surface area contributed by atoms with Crippen molar-refractivity contribution in [3.63, 3.8) is 0 Å². The molecule has 0 aliphatic heterocycles. The predicted octanol–water partition coefficient (Wildman–Crippen LogP) is 8.35. The van der Waals surface area contributed by atoms with E-state index in [1.807, 2.05) is 37.3 Å². The molecular formula is C37H38BrCl2N3O4S. The van der Waals surface area contributed by atoms with Crippen LogP contribution in [0.1, 0.15) is 48.8 Å². The molecule has 1 aliphatic carbocycles. The number of hydrogen-bond acceptors (Lipinski definition) is 4. The summed E-state index contributed by atoms with van der Waals surface area (Å²) in [6, 6.07) is 26.8. The van der Waals surface area contributed by atoms with Gasteiger partial charge in [-0.05, 0) is 73.4 Å². The highest BCUT2D eigenvalue weighted by atomic mass is 79.9. The number of rotatable bonds is 12. The number of nitrogens with zero attached hydrogens (tertiary/aromatic N) is 2. The molecule has 0 heterocycles. The molecule has 0 spiro atoms. The van der Waals surface area contributed by atoms with Crippen LogP contribution in [0.25, 0.3) is 0 Å². The highest BCUT2D eigenvalue weighted by molar-refractivity contribution is 9.10. The van der Waals surface area contributed by atoms with Gasteiger partial charge < -0.3 is 10.2 Å². The minimum absolute atomic E-state index is 0.000628. The largest absolute Gasteiger partial charge is 0.352 e. The molecule has 0 saturated heterocycles. The van der Waals surface area contributed by atoms with Crippen molar-refractivity contribution in [1.82, 2.24) is 10.2 Å². The Bertz CT molecular complexity index is 1840. The zero-order valence-electron chi connectivity index (χ0n) is 26.6. The van der Waals surface area contributed by atoms with Crippen LogP contribution in [-0.2, 0) is 32.6 Å². The third kappa shape index (κ3) is 9.20. The summed E-state index contributed by atoms with van der Waals surface area (Å²) in [5, 5.41) is 3.98. The van der Waals surface area contributed by atoms with E-state index in [-0.39, 0.29) is 29.8 Å². The molecule has 5 rings (SSSR count). The molecule has 0 bridgehead atoms. The molecule has 11 heteroatoms. The first-order valence-corrected chi connectivity index (χ1v) is 18.9. The zero-order valence-corrected chi connectivity index (χ0v) is 30.5. The van der Waals surface area contributed by atoms with Crippen LogP contribution in [0.5, 0.6) is 0 Å². The molecule has 1 aliphatic rings. The molecule has 1 N–H and O–H groups in total. The molecule has 48 heavy (non-hydrogen) atoms. The number of halogens is 3. The first-order valence-electron chi connectivity index (χ1n) is 15.9. The number of aryl methyl sites for hydroxylation is 1. The lowest BCUT2D eigenvalue weighted by molar-refractivity contribution is -0.140. The first kappa shape index (κ1) is 35.9. The van der Waals surface area contributed by atoms with Crippen molar-refractivity contribution in [3.05, 3.63) is 128 Å². The van der Waals surface area contributed by atoms with E-state index in [1.165, 1.54) is 17.0 Å². The summed E-state index contributed by atoms with van der Waals surface area (Å²) in [4.78, 5) is 30.5. The van der Waals surface area contributed by atoms with E-state index in [1.54, 1.807) is 54.6 Å². The second kappa shape index (κ2) is 16.4. The summed E-state index contributed by atoms with van der Waals surface area (Å²) in [5.74, 6) is -0.851. The Labute approximate surface area is 301 Å². The Morgan fingerprint density at radius 3 is 2.27 bits per heavy atom. The van der Waals surface area contributed by atoms with Gasteiger partial charge in [-0.15, -0.1) is 0 Å². The molecule has 0 unspecified atom stereocenters. The predicted molar refractivity (Wildman–Crippen MR) is 196 cm³/mol. The van der Waals surface area contributed by atoms with Gasteiger partial charge in [-0.3, -0.25) is 13.9 Å². The highest BCUT2D eigenvalue weighted by Crippen LogP contribution is 2.29. The maximum atomic E-state index is 14.7. The fraction of sp³-hybridized carbons (Fsp3) is 0.297. The number of anilines is 1. The maximum absolute atomic E-state index is 14.7. The third-order valence-electron chi connectivity index (χ3n) is 8.56. The number of carbonyl (C=O) groups excluding carboxylic acids is 2. The van der Waals surface area contributed by atoms with Crippen LogP contribution < -0.4 is 9.62 Å². The third-order valence-corrected chi connectivity index (χ3v) is 11.4. The molecule has 1 saturated carbocycles. The summed E-state index contributed by atoms with van der Waals surface area (Å²) < 4.78 is 30.2. The number of carbonyl (C=O) groups is 2. The van der Waals surface area contributed by atoms with Gasteiger partial charge in [-0.25, -0.2) is 8.42 Å². The number of sulfonamides is 1. The maximum Gasteiger partial charge on any atom is 0.264 e. The first-order chi connectivity index (χ1) is 23.0. The van der Waals surface area contributed by atoms with Crippen molar-refractivity contribution in [2.45, 2.75) is 69.0 Å². The van der Waals surface area contributed by atoms with E-state index in [0.29, 0.717) is 25.8 Å². The lowest BCUT2D eigenvalue weighted by atomic mass is 9.94. The minimum atomic E-state index is -4.21. The second-order valence-electron chi connectivity index (χ2n) is 12.1. The van der Waals surface area contributed by atoms with Gasteiger partial charge >= 0.3 is 0 Å². The van der Waals surface area contributed by atoms with Crippen molar-refractivity contribution >= 4 is 66.7 Å². The summed E-state index contributed by atoms with van der Waals surface area (Å²) >= 11 is 16.3. The van der Waals surface area contributed by atoms with E-state index in [4.69, 9.17) is 23.2 Å². The SMILES string of the molecule is Cc1ccc(S(=O)(=O)N(CC(=O)N(Cc2ccc(Cl)cc2Cl)[C@@H](Cc2ccccc2)C(=O)NC2CCCCC2)c2cccc(Br)c2)cc1. The summed E-state index contributed by atoms with van der Waals surface area (Å²) in [6.07, 6.45) is 5.13. The topological polar surface area (TPSA) is 86.8 Å². The molecule has 0 radical (unpaired) electrons. The Morgan fingerprint density at radius 2 is 1.60 bits per heavy atom. The average molecular weight is 772 g/mol. The van der Waals surface area contributed by atoms with Crippen LogP contribution in [0.15, 0.2) is 106 Å². The van der Waals surface area contributed by atoms with Crippen molar-refractivity contribution < 1.29 is 18.0 Å². The number of hydrogen-bond donors (Lipinski definition) is 1. The van der Waals surface area contributed by atoms with Crippen LogP contribution in [0.4, 0.5) is 5.69 Å². The van der Waals surface area contributed by atoms with Gasteiger partial charge in [0.1, 0.15) is 12.6 Å². The minimum Gasteiger partial charge on any atom is -0.352 e. The van der Waals surface area contributed by atoms with Gasteiger partial charge in [0.25, 0.3) is 10.0 Å². The van der Waals surface area contributed by atoms with Crippen molar-refractivity contribution in [2.75, 3.05) is 10.8 Å². The smallest absolute Gasteiger partial charge is 0.264 e. The Balaban J connectivity index is 1.58. The molecule has 2 amide bonds. The van der Waals surface area contributed by atoms with E-state index in [0.717, 1.165) is 47.5 Å². The normalized spacial score (nSPS) is 14.2. The van der Waals surface area contributed by atoms with Gasteiger partial charge in [0, 0.05) is 33.5 Å². The summed E-state index contributed by atoms with van der Waals surface area (Å²) in [6.45, 7) is 1.28. The van der Waals surface area contributed by atoms with Crippen LogP contribution >= 0.6 is 39.1 Å². The fourth-order valence-electron chi connectivity index (χ4n) is 5.93. The molecule has 4 aromatic rings. The second-order valence-corrected chi connectivity index (χ2v) is 15.7. The number of amides is 2. The van der Waals surface area contributed by atoms with E-state index in [2.05, 4.69) is 21.2 Å². The quantitative estimate of drug-likeness (QED) is 0.157. The van der Waals surface area contributed by atoms with Crippen molar-refractivity contribution in [3.8, 4) is 0 Å². The van der Waals surface area contributed by atoms with Crippen molar-refractivity contribution in [1.29, 1.82) is 0 Å². The lowest BCUT2D eigenvalue weighted by Gasteiger charge is -2.35. The van der Waals surface area contributed by atoms with E-state index in [9.17, 15) is 18.0 Å². The Kier molecular flexibility index (Phi) is 12.2. The van der Waals surface area contributed by atoms with Gasteiger partial charge in [0.15, 0.2) is 0 Å². The van der Waals surface area contributed by atoms with E-state index >= 15 is 0 Å². The summed E-state index contributed by atoms with van der Waals surface area (Å²) in [7, 11) is -4.21. The lowest BCUT2D eigenvalue weighted by Crippen LogP contribution is -2.55. The molecule has 4 aromatic carbocycles. The number of nitrogens with one attached hydrogen (secondary N) is 1. The van der Waals surface area contributed by atoms with Crippen LogP contribution in [0, 0.1) is 6.92 Å². The molecule has 1 atom stereocenters. The monoisotopic (exact) mass is 769 g/mol. The van der Waals surface area contributed by atoms with Gasteiger partial charge in [-0.2, -0.15) is 0 Å². The molecular weight excluding hydrogens is 733 g/mol. The van der Waals surface area contributed by atoms with Crippen LogP contribution in [0.3, 0.4) is 0 Å². The van der Waals surface area contributed by atoms with Gasteiger partial charge in [0.2, 0.25) is 11.8 Å². The standard InChI is InChI=1S/C37H38BrCl2N3O4S/c1-26-15-19-33(20-16-26)48(46,47)43(32-14-8-11-29(38)22-32)25-36(44)42(24-28-17-18-30(39)23-34(28)40)35(21-27-9-4-2-5-10-27)37(45)41-31-12-6-3-7-13-31/h2,4-5,8-11,14-20,22-23,31,35H,3,6-7,12-13,21,24-25H2,1H3,(H,41,45)/t35-/m0/s1. The average Bonchev–Trinajstić information content (AvgIpc) is 3.07. The Hall–Kier alpha value is -3.37. The Morgan fingerprint density at radius 1 is 0.896 bits per heavy atom. The van der Waals surface area contributed by atoms with E-state index < -0.39 is 28.5 Å². The zero-order chi connectivity index (χ0) is 34.3. The van der Waals surface area contributed by atoms with Gasteiger partial charge in [0.05, 0.1) is 10.6 Å². The van der Waals surface area contributed by atoms with Crippen LogP contribution in [-0.4, -0.2) is 43.8 Å². The summed E-state index contributed by atoms with van der Waals surface area (Å²) in [5.41, 5.74) is 2.64. The number of benzene rings is 4. The van der Waals surface area contributed by atoms with Gasteiger partial charge in [-0.1, -0.05) is 119 Å². The van der Waals surface area contributed by atoms with Crippen LogP contribution in [0.2, 0.25) is 10.0 Å². The fourth-order valence-corrected chi connectivity index (χ4v) is 8.19. The molecule has 7 nitrogen and oxygen atoms in total. The molecule has 252 valence electrons. The molecule has 0 aromatic heterocycles. The highest BCUT2D eigenvalue weighted by Gasteiger charge is 2.35. The van der Waals surface area contributed by atoms with Crippen molar-refractivity contribution in [2.24, 2.45) is 0 Å². The molecule has 1 fully saturated rings.